The summed E-state index contributed by atoms with van der Waals surface area (Å²) in [7, 11) is 3.21. The zero-order valence-corrected chi connectivity index (χ0v) is 19.7. The van der Waals surface area contributed by atoms with E-state index < -0.39 is 0 Å². The van der Waals surface area contributed by atoms with Gasteiger partial charge in [-0.15, -0.1) is 0 Å². The summed E-state index contributed by atoms with van der Waals surface area (Å²) in [6, 6.07) is 9.00. The van der Waals surface area contributed by atoms with Crippen molar-refractivity contribution in [3.63, 3.8) is 0 Å². The first kappa shape index (κ1) is 24.2. The average molecular weight is 461 g/mol. The van der Waals surface area contributed by atoms with Crippen LogP contribution < -0.4 is 19.9 Å². The van der Waals surface area contributed by atoms with Gasteiger partial charge in [0.25, 0.3) is 0 Å². The van der Waals surface area contributed by atoms with Gasteiger partial charge in [-0.25, -0.2) is 0 Å². The first-order valence-electron chi connectivity index (χ1n) is 11.1. The molecule has 32 heavy (non-hydrogen) atoms. The molecule has 3 rings (SSSR count). The lowest BCUT2D eigenvalue weighted by Gasteiger charge is -2.26. The lowest BCUT2D eigenvalue weighted by Crippen LogP contribution is -2.30. The van der Waals surface area contributed by atoms with Gasteiger partial charge < -0.3 is 24.8 Å². The third-order valence-electron chi connectivity index (χ3n) is 5.75. The van der Waals surface area contributed by atoms with Gasteiger partial charge in [-0.2, -0.15) is 0 Å². The molecule has 0 spiro atoms. The van der Waals surface area contributed by atoms with Crippen molar-refractivity contribution in [2.45, 2.75) is 45.1 Å². The Labute approximate surface area is 195 Å². The number of nitrogens with zero attached hydrogens (tertiary/aromatic N) is 1. The van der Waals surface area contributed by atoms with E-state index in [1.165, 1.54) is 19.3 Å². The Balaban J connectivity index is 1.62. The number of halogens is 1. The molecule has 0 aliphatic carbocycles. The van der Waals surface area contributed by atoms with Crippen molar-refractivity contribution in [2.75, 3.05) is 39.6 Å². The highest BCUT2D eigenvalue weighted by atomic mass is 35.5. The number of piperidine rings is 1. The number of rotatable bonds is 11. The standard InChI is InChI=1S/C25H33ClN2O4/c1-30-21-11-18(12-22(15-21)31-2)17-32-25-16-24(27)23(26)14-19(25)13-20(29)7-6-10-28-8-4-3-5-9-28/h11-12,14-16H,3-10,13,17,27H2,1-2H3. The minimum atomic E-state index is 0.177. The Morgan fingerprint density at radius 2 is 1.72 bits per heavy atom. The van der Waals surface area contributed by atoms with Crippen LogP contribution in [0.5, 0.6) is 17.2 Å². The van der Waals surface area contributed by atoms with Crippen molar-refractivity contribution in [1.29, 1.82) is 0 Å². The van der Waals surface area contributed by atoms with Crippen LogP contribution in [0, 0.1) is 0 Å². The molecule has 2 N–H and O–H groups in total. The van der Waals surface area contributed by atoms with Gasteiger partial charge >= 0.3 is 0 Å². The second-order valence-electron chi connectivity index (χ2n) is 8.21. The molecular formula is C25H33ClN2O4. The largest absolute Gasteiger partial charge is 0.497 e. The number of hydrogen-bond acceptors (Lipinski definition) is 6. The number of ether oxygens (including phenoxy) is 3. The molecule has 6 nitrogen and oxygen atoms in total. The number of carbonyl (C=O) groups excluding carboxylic acids is 1. The monoisotopic (exact) mass is 460 g/mol. The fourth-order valence-electron chi connectivity index (χ4n) is 3.98. The van der Waals surface area contributed by atoms with Crippen LogP contribution in [0.15, 0.2) is 30.3 Å². The Kier molecular flexibility index (Phi) is 9.06. The van der Waals surface area contributed by atoms with Crippen LogP contribution in [-0.4, -0.2) is 44.5 Å². The van der Waals surface area contributed by atoms with E-state index in [1.807, 2.05) is 12.1 Å². The number of ketones is 1. The summed E-state index contributed by atoms with van der Waals surface area (Å²) >= 11 is 6.24. The lowest BCUT2D eigenvalue weighted by molar-refractivity contribution is -0.118. The van der Waals surface area contributed by atoms with Gasteiger partial charge in [-0.3, -0.25) is 4.79 Å². The topological polar surface area (TPSA) is 74.0 Å². The number of anilines is 1. The summed E-state index contributed by atoms with van der Waals surface area (Å²) in [5.41, 5.74) is 8.06. The summed E-state index contributed by atoms with van der Waals surface area (Å²) in [4.78, 5) is 15.1. The van der Waals surface area contributed by atoms with Crippen LogP contribution in [0.4, 0.5) is 5.69 Å². The van der Waals surface area contributed by atoms with E-state index >= 15 is 0 Å². The summed E-state index contributed by atoms with van der Waals surface area (Å²) in [5.74, 6) is 2.11. The highest BCUT2D eigenvalue weighted by Crippen LogP contribution is 2.31. The molecule has 1 saturated heterocycles. The quantitative estimate of drug-likeness (QED) is 0.481. The van der Waals surface area contributed by atoms with Crippen LogP contribution in [0.2, 0.25) is 5.02 Å². The van der Waals surface area contributed by atoms with E-state index in [0.29, 0.717) is 34.4 Å². The molecule has 2 aromatic carbocycles. The normalized spacial score (nSPS) is 14.2. The van der Waals surface area contributed by atoms with Gasteiger partial charge in [-0.05, 0) is 62.7 Å². The molecule has 1 heterocycles. The molecule has 0 saturated carbocycles. The van der Waals surface area contributed by atoms with E-state index in [2.05, 4.69) is 4.90 Å². The van der Waals surface area contributed by atoms with Crippen LogP contribution in [0.1, 0.15) is 43.2 Å². The second kappa shape index (κ2) is 12.0. The maximum Gasteiger partial charge on any atom is 0.137 e. The molecule has 1 fully saturated rings. The van der Waals surface area contributed by atoms with E-state index in [-0.39, 0.29) is 18.8 Å². The molecule has 1 aliphatic rings. The van der Waals surface area contributed by atoms with Crippen molar-refractivity contribution in [3.05, 3.63) is 46.5 Å². The lowest BCUT2D eigenvalue weighted by atomic mass is 10.0. The molecule has 2 aromatic rings. The number of hydrogen-bond donors (Lipinski definition) is 1. The minimum Gasteiger partial charge on any atom is -0.497 e. The maximum atomic E-state index is 12.7. The second-order valence-corrected chi connectivity index (χ2v) is 8.62. The predicted octanol–water partition coefficient (Wildman–Crippen LogP) is 4.90. The Bertz CT molecular complexity index is 891. The Morgan fingerprint density at radius 3 is 2.38 bits per heavy atom. The predicted molar refractivity (Wildman–Crippen MR) is 128 cm³/mol. The van der Waals surface area contributed by atoms with E-state index in [1.54, 1.807) is 32.4 Å². The number of likely N-dealkylation sites (tertiary alicyclic amines) is 1. The third kappa shape index (κ3) is 7.04. The summed E-state index contributed by atoms with van der Waals surface area (Å²) in [5, 5.41) is 0.427. The zero-order valence-electron chi connectivity index (χ0n) is 19.0. The Hall–Kier alpha value is -2.44. The van der Waals surface area contributed by atoms with Crippen LogP contribution in [0.3, 0.4) is 0 Å². The van der Waals surface area contributed by atoms with Crippen molar-refractivity contribution in [2.24, 2.45) is 0 Å². The number of methoxy groups -OCH3 is 2. The SMILES string of the molecule is COc1cc(COc2cc(N)c(Cl)cc2CC(=O)CCCN2CCCCC2)cc(OC)c1. The van der Waals surface area contributed by atoms with Gasteiger partial charge in [0.1, 0.15) is 29.6 Å². The molecule has 1 aliphatic heterocycles. The highest BCUT2D eigenvalue weighted by Gasteiger charge is 2.15. The van der Waals surface area contributed by atoms with Crippen molar-refractivity contribution < 1.29 is 19.0 Å². The van der Waals surface area contributed by atoms with Gasteiger partial charge in [0.2, 0.25) is 0 Å². The molecular weight excluding hydrogens is 428 g/mol. The van der Waals surface area contributed by atoms with Gasteiger partial charge in [0.15, 0.2) is 0 Å². The van der Waals surface area contributed by atoms with Gasteiger partial charge in [0.05, 0.1) is 24.9 Å². The number of carbonyl (C=O) groups is 1. The highest BCUT2D eigenvalue weighted by molar-refractivity contribution is 6.33. The maximum absolute atomic E-state index is 12.7. The fourth-order valence-corrected chi connectivity index (χ4v) is 4.16. The third-order valence-corrected chi connectivity index (χ3v) is 6.08. The van der Waals surface area contributed by atoms with E-state index in [9.17, 15) is 4.79 Å². The van der Waals surface area contributed by atoms with Gasteiger partial charge in [0, 0.05) is 30.5 Å². The summed E-state index contributed by atoms with van der Waals surface area (Å²) < 4.78 is 16.7. The minimum absolute atomic E-state index is 0.177. The molecule has 0 atom stereocenters. The number of Topliss-reactive ketones (excluding diaryl/α,β-unsaturated/α-hetero) is 1. The fraction of sp³-hybridized carbons (Fsp3) is 0.480. The van der Waals surface area contributed by atoms with Crippen molar-refractivity contribution in [1.82, 2.24) is 4.90 Å². The molecule has 174 valence electrons. The van der Waals surface area contributed by atoms with Crippen LogP contribution in [0.25, 0.3) is 0 Å². The van der Waals surface area contributed by atoms with Crippen LogP contribution in [-0.2, 0) is 17.8 Å². The smallest absolute Gasteiger partial charge is 0.137 e. The van der Waals surface area contributed by atoms with Crippen LogP contribution >= 0.6 is 11.6 Å². The van der Waals surface area contributed by atoms with Gasteiger partial charge in [-0.1, -0.05) is 18.0 Å². The summed E-state index contributed by atoms with van der Waals surface area (Å²) in [6.45, 7) is 3.56. The zero-order chi connectivity index (χ0) is 22.9. The molecule has 0 amide bonds. The van der Waals surface area contributed by atoms with Crippen molar-refractivity contribution >= 4 is 23.1 Å². The first-order chi connectivity index (χ1) is 15.5. The van der Waals surface area contributed by atoms with Crippen molar-refractivity contribution in [3.8, 4) is 17.2 Å². The molecule has 0 aromatic heterocycles. The molecule has 0 bridgehead atoms. The number of nitrogens with two attached hydrogens (primary N) is 1. The number of nitrogen functional groups attached to an aromatic ring is 1. The molecule has 0 unspecified atom stereocenters. The number of benzene rings is 2. The molecule has 7 heteroatoms. The van der Waals surface area contributed by atoms with E-state index in [4.69, 9.17) is 31.5 Å². The molecule has 0 radical (unpaired) electrons. The average Bonchev–Trinajstić information content (AvgIpc) is 2.80. The first-order valence-corrected chi connectivity index (χ1v) is 11.5. The van der Waals surface area contributed by atoms with E-state index in [0.717, 1.165) is 37.2 Å². The Morgan fingerprint density at radius 1 is 1.03 bits per heavy atom. The summed E-state index contributed by atoms with van der Waals surface area (Å²) in [6.07, 6.45) is 5.54.